The minimum atomic E-state index is -0.425. The van der Waals surface area contributed by atoms with Gasteiger partial charge in [0.2, 0.25) is 0 Å². The summed E-state index contributed by atoms with van der Waals surface area (Å²) in [5.41, 5.74) is 25.3. The maximum absolute atomic E-state index is 2.83. The third kappa shape index (κ3) is 6.93. The van der Waals surface area contributed by atoms with Crippen LogP contribution in [-0.2, 0) is 21.7 Å². The molecule has 0 atom stereocenters. The van der Waals surface area contributed by atoms with E-state index < -0.39 is 5.41 Å². The Morgan fingerprint density at radius 3 is 1.57 bits per heavy atom. The van der Waals surface area contributed by atoms with Crippen LogP contribution in [0.2, 0.25) is 0 Å². The van der Waals surface area contributed by atoms with Gasteiger partial charge in [0.25, 0.3) is 0 Å². The van der Waals surface area contributed by atoms with Gasteiger partial charge in [-0.1, -0.05) is 206 Å². The van der Waals surface area contributed by atoms with Crippen molar-refractivity contribution >= 4 is 78.4 Å². The van der Waals surface area contributed by atoms with Crippen LogP contribution in [0.4, 0.5) is 11.4 Å². The molecule has 3 nitrogen and oxygen atoms in total. The zero-order valence-electron chi connectivity index (χ0n) is 46.6. The van der Waals surface area contributed by atoms with Crippen LogP contribution in [0.5, 0.6) is 0 Å². The van der Waals surface area contributed by atoms with Gasteiger partial charge in [-0.3, -0.25) is 0 Å². The van der Waals surface area contributed by atoms with Crippen molar-refractivity contribution in [3.05, 3.63) is 214 Å². The van der Waals surface area contributed by atoms with Gasteiger partial charge in [0.1, 0.15) is 0 Å². The molecule has 0 N–H and O–H groups in total. The number of rotatable bonds is 4. The first-order valence-electron chi connectivity index (χ1n) is 27.4. The summed E-state index contributed by atoms with van der Waals surface area (Å²) in [6.07, 6.45) is 0. The number of para-hydroxylation sites is 1. The van der Waals surface area contributed by atoms with Gasteiger partial charge in [-0.05, 0) is 138 Å². The van der Waals surface area contributed by atoms with Gasteiger partial charge < -0.3 is 13.9 Å². The molecule has 0 amide bonds. The number of benzene rings is 8. The van der Waals surface area contributed by atoms with E-state index in [2.05, 4.69) is 281 Å². The number of nitrogens with zero attached hydrogens (tertiary/aromatic N) is 3. The zero-order valence-corrected chi connectivity index (χ0v) is 46.6. The zero-order chi connectivity index (χ0) is 52.5. The molecule has 0 saturated carbocycles. The van der Waals surface area contributed by atoms with Crippen LogP contribution in [0.3, 0.4) is 0 Å². The molecule has 10 aromatic rings. The highest BCUT2D eigenvalue weighted by atomic mass is 15.2. The summed E-state index contributed by atoms with van der Waals surface area (Å²) in [7, 11) is 0. The van der Waals surface area contributed by atoms with E-state index >= 15 is 0 Å². The molecular weight excluding hydrogens is 906 g/mol. The van der Waals surface area contributed by atoms with E-state index in [4.69, 9.17) is 0 Å². The molecule has 0 fully saturated rings. The Balaban J connectivity index is 1.26. The molecule has 0 saturated heterocycles. The van der Waals surface area contributed by atoms with Crippen LogP contribution in [0.1, 0.15) is 130 Å². The quantitative estimate of drug-likeness (QED) is 0.160. The second-order valence-corrected chi connectivity index (χ2v) is 26.7. The summed E-state index contributed by atoms with van der Waals surface area (Å²) in [5, 5.41) is 5.22. The first-order chi connectivity index (χ1) is 35.5. The largest absolute Gasteiger partial charge is 0.375 e. The lowest BCUT2D eigenvalue weighted by molar-refractivity contribution is 0.589. The van der Waals surface area contributed by atoms with E-state index in [9.17, 15) is 0 Å². The van der Waals surface area contributed by atoms with E-state index in [0.29, 0.717) is 0 Å². The Morgan fingerprint density at radius 2 is 0.960 bits per heavy atom. The van der Waals surface area contributed by atoms with Crippen LogP contribution in [0.15, 0.2) is 181 Å². The van der Waals surface area contributed by atoms with Crippen molar-refractivity contribution in [1.82, 2.24) is 9.05 Å². The molecule has 75 heavy (non-hydrogen) atoms. The Kier molecular flexibility index (Phi) is 10.0. The van der Waals surface area contributed by atoms with Crippen molar-refractivity contribution in [2.45, 2.75) is 119 Å². The van der Waals surface area contributed by atoms with Crippen LogP contribution < -0.4 is 10.4 Å². The maximum Gasteiger partial charge on any atom is 0.329 e. The summed E-state index contributed by atoms with van der Waals surface area (Å²) in [6.45, 7) is 33.2. The molecule has 13 rings (SSSR count). The highest BCUT2D eigenvalue weighted by molar-refractivity contribution is 6.85. The molecule has 0 unspecified atom stereocenters. The van der Waals surface area contributed by atoms with Crippen LogP contribution in [0, 0.1) is 5.41 Å². The summed E-state index contributed by atoms with van der Waals surface area (Å²) >= 11 is 0. The Hall–Kier alpha value is -7.30. The first kappa shape index (κ1) is 47.4. The van der Waals surface area contributed by atoms with Crippen molar-refractivity contribution in [2.75, 3.05) is 4.90 Å². The molecule has 1 aliphatic carbocycles. The molecule has 4 heterocycles. The molecule has 0 spiro atoms. The minimum Gasteiger partial charge on any atom is -0.375 e. The number of hydrogen-bond donors (Lipinski definition) is 0. The lowest BCUT2D eigenvalue weighted by atomic mass is 9.40. The molecule has 4 heteroatoms. The molecule has 2 aliphatic heterocycles. The average molecular weight is 976 g/mol. The molecular formula is C71H70BN3. The molecule has 8 aromatic carbocycles. The van der Waals surface area contributed by atoms with Crippen LogP contribution >= 0.6 is 0 Å². The van der Waals surface area contributed by atoms with E-state index in [1.54, 1.807) is 0 Å². The lowest BCUT2D eigenvalue weighted by Gasteiger charge is -2.44. The van der Waals surface area contributed by atoms with Crippen LogP contribution in [-0.4, -0.2) is 15.9 Å². The van der Waals surface area contributed by atoms with Gasteiger partial charge in [-0.25, -0.2) is 0 Å². The van der Waals surface area contributed by atoms with E-state index in [0.717, 1.165) is 0 Å². The lowest BCUT2D eigenvalue weighted by Crippen LogP contribution is -2.52. The number of aromatic nitrogens is 2. The molecule has 0 bridgehead atoms. The summed E-state index contributed by atoms with van der Waals surface area (Å²) in [6, 6.07) is 65.7. The Morgan fingerprint density at radius 1 is 0.427 bits per heavy atom. The van der Waals surface area contributed by atoms with Gasteiger partial charge >= 0.3 is 6.85 Å². The number of hydrogen-bond acceptors (Lipinski definition) is 1. The summed E-state index contributed by atoms with van der Waals surface area (Å²) in [4.78, 5) is 2.70. The fraction of sp³-hybridized carbons (Fsp3) is 0.268. The highest BCUT2D eigenvalue weighted by Crippen LogP contribution is 2.62. The third-order valence-corrected chi connectivity index (χ3v) is 17.3. The third-order valence-electron chi connectivity index (χ3n) is 17.3. The van der Waals surface area contributed by atoms with E-state index in [1.165, 1.54) is 133 Å². The predicted octanol–water partition coefficient (Wildman–Crippen LogP) is 18.4. The molecule has 372 valence electrons. The van der Waals surface area contributed by atoms with Gasteiger partial charge in [0.15, 0.2) is 0 Å². The van der Waals surface area contributed by atoms with Crippen molar-refractivity contribution in [1.29, 1.82) is 0 Å². The summed E-state index contributed by atoms with van der Waals surface area (Å²) in [5.74, 6) is 0. The van der Waals surface area contributed by atoms with Crippen molar-refractivity contribution in [3.63, 3.8) is 0 Å². The standard InChI is InChI=1S/C71H70BN3/c1-67(2,3)45-30-33-50(34-31-45)74-58-42-48(70(10,11)12)39-53-54-40-47(69(7,8)9)41-55-60-57(37-35-51-52-38-46(68(4,5)6)32-36-56(52)73(64(51)60)49-28-22-17-23-29-49)75(63(54)55)72(62(53)58)66-65(74)59(43-24-18-15-19-25-43)61(71(66,13)14)44-26-20-16-21-27-44/h15-42H,1-14H3. The van der Waals surface area contributed by atoms with Crippen molar-refractivity contribution in [2.24, 2.45) is 5.41 Å². The minimum absolute atomic E-state index is 0.00556. The predicted molar refractivity (Wildman–Crippen MR) is 324 cm³/mol. The highest BCUT2D eigenvalue weighted by Gasteiger charge is 2.55. The first-order valence-corrected chi connectivity index (χ1v) is 27.4. The van der Waals surface area contributed by atoms with Crippen molar-refractivity contribution < 1.29 is 0 Å². The average Bonchev–Trinajstić information content (AvgIpc) is 4.22. The van der Waals surface area contributed by atoms with Crippen molar-refractivity contribution in [3.8, 4) is 16.8 Å². The van der Waals surface area contributed by atoms with Crippen LogP contribution in [0.25, 0.3) is 71.6 Å². The molecule has 0 radical (unpaired) electrons. The second kappa shape index (κ2) is 15.9. The Bertz CT molecular complexity index is 4080. The number of fused-ring (bicyclic) bond motifs is 10. The SMILES string of the molecule is CC1(C)C2=C(C(c3ccccc3)=C1c1ccccc1)N(c1ccc(C(C)(C)C)cc1)c1cc(C(C)(C)C)cc3c1B2n1c2ccc4c5cc(C(C)(C)C)ccc5n(-c5ccccc5)c4c2c2cc(C(C)(C)C)cc-3c21. The topological polar surface area (TPSA) is 13.1 Å². The van der Waals surface area contributed by atoms with Gasteiger partial charge in [-0.2, -0.15) is 0 Å². The van der Waals surface area contributed by atoms with E-state index in [1.807, 2.05) is 0 Å². The maximum atomic E-state index is 2.83. The molecule has 2 aromatic heterocycles. The fourth-order valence-corrected chi connectivity index (χ4v) is 13.4. The van der Waals surface area contributed by atoms with Gasteiger partial charge in [0.05, 0.1) is 11.0 Å². The normalized spacial score (nSPS) is 15.5. The second-order valence-electron chi connectivity index (χ2n) is 26.7. The van der Waals surface area contributed by atoms with E-state index in [-0.39, 0.29) is 28.5 Å². The van der Waals surface area contributed by atoms with Gasteiger partial charge in [0, 0.05) is 71.9 Å². The summed E-state index contributed by atoms with van der Waals surface area (Å²) < 4.78 is 5.41. The number of anilines is 2. The Labute approximate surface area is 445 Å². The number of allylic oxidation sites excluding steroid dienone is 3. The molecule has 3 aliphatic rings. The van der Waals surface area contributed by atoms with Gasteiger partial charge in [-0.15, -0.1) is 0 Å². The smallest absolute Gasteiger partial charge is 0.329 e. The fourth-order valence-electron chi connectivity index (χ4n) is 13.4. The monoisotopic (exact) mass is 976 g/mol.